The second kappa shape index (κ2) is 6.00. The van der Waals surface area contributed by atoms with E-state index < -0.39 is 0 Å². The maximum Gasteiger partial charge on any atom is 0.257 e. The molecule has 1 atom stereocenters. The molecule has 5 heteroatoms. The lowest BCUT2D eigenvalue weighted by atomic mass is 10.0. The largest absolute Gasteiger partial charge is 0.342 e. The number of hydrogen-bond acceptors (Lipinski definition) is 3. The molecule has 1 unspecified atom stereocenters. The summed E-state index contributed by atoms with van der Waals surface area (Å²) >= 11 is 0. The van der Waals surface area contributed by atoms with Gasteiger partial charge in [-0.1, -0.05) is 13.8 Å². The van der Waals surface area contributed by atoms with Crippen LogP contribution < -0.4 is 5.73 Å². The predicted octanol–water partition coefficient (Wildman–Crippen LogP) is 1.17. The lowest BCUT2D eigenvalue weighted by Crippen LogP contribution is -2.34. The molecule has 0 aromatic carbocycles. The van der Waals surface area contributed by atoms with Gasteiger partial charge in [0.05, 0.1) is 11.3 Å². The molecule has 0 fully saturated rings. The number of carbonyl (C=O) groups is 1. The number of hydrogen-bond donors (Lipinski definition) is 1. The first-order valence-corrected chi connectivity index (χ1v) is 6.34. The summed E-state index contributed by atoms with van der Waals surface area (Å²) in [4.78, 5) is 13.9. The van der Waals surface area contributed by atoms with Gasteiger partial charge in [0.2, 0.25) is 0 Å². The van der Waals surface area contributed by atoms with E-state index in [1.807, 2.05) is 21.0 Å². The second-order valence-electron chi connectivity index (χ2n) is 5.23. The van der Waals surface area contributed by atoms with Gasteiger partial charge in [0, 0.05) is 32.9 Å². The molecule has 1 aromatic heterocycles. The third-order valence-electron chi connectivity index (χ3n) is 3.24. The van der Waals surface area contributed by atoms with Crippen molar-refractivity contribution >= 4 is 5.91 Å². The van der Waals surface area contributed by atoms with Crippen LogP contribution in [0.4, 0.5) is 0 Å². The highest BCUT2D eigenvalue weighted by atomic mass is 16.2. The highest BCUT2D eigenvalue weighted by Crippen LogP contribution is 2.10. The monoisotopic (exact) mass is 252 g/mol. The molecule has 0 saturated heterocycles. The average molecular weight is 252 g/mol. The van der Waals surface area contributed by atoms with E-state index in [2.05, 4.69) is 18.9 Å². The third-order valence-corrected chi connectivity index (χ3v) is 3.24. The molecule has 1 amide bonds. The summed E-state index contributed by atoms with van der Waals surface area (Å²) < 4.78 is 1.66. The Morgan fingerprint density at radius 1 is 1.56 bits per heavy atom. The van der Waals surface area contributed by atoms with Gasteiger partial charge >= 0.3 is 0 Å². The minimum Gasteiger partial charge on any atom is -0.342 e. The smallest absolute Gasteiger partial charge is 0.257 e. The molecule has 0 aliphatic rings. The number of aromatic nitrogens is 2. The maximum atomic E-state index is 12.2. The SMILES string of the molecule is Cc1nn(C)cc1C(=O)N(C)CCC(N)C(C)C. The number of rotatable bonds is 5. The van der Waals surface area contributed by atoms with Crippen molar-refractivity contribution in [2.24, 2.45) is 18.7 Å². The fraction of sp³-hybridized carbons (Fsp3) is 0.692. The first kappa shape index (κ1) is 14.7. The summed E-state index contributed by atoms with van der Waals surface area (Å²) in [6.07, 6.45) is 2.58. The van der Waals surface area contributed by atoms with Crippen LogP contribution in [0.5, 0.6) is 0 Å². The van der Waals surface area contributed by atoms with Crippen molar-refractivity contribution in [1.82, 2.24) is 14.7 Å². The molecule has 1 heterocycles. The van der Waals surface area contributed by atoms with Gasteiger partial charge in [-0.3, -0.25) is 9.48 Å². The summed E-state index contributed by atoms with van der Waals surface area (Å²) in [7, 11) is 3.63. The number of aryl methyl sites for hydroxylation is 2. The highest BCUT2D eigenvalue weighted by Gasteiger charge is 2.18. The van der Waals surface area contributed by atoms with Crippen molar-refractivity contribution in [3.8, 4) is 0 Å². The molecule has 0 aliphatic carbocycles. The first-order chi connectivity index (χ1) is 8.32. The van der Waals surface area contributed by atoms with E-state index in [0.29, 0.717) is 18.0 Å². The minimum absolute atomic E-state index is 0.0107. The van der Waals surface area contributed by atoms with Crippen LogP contribution in [0.25, 0.3) is 0 Å². The van der Waals surface area contributed by atoms with Crippen molar-refractivity contribution in [2.45, 2.75) is 33.2 Å². The lowest BCUT2D eigenvalue weighted by molar-refractivity contribution is 0.0788. The third kappa shape index (κ3) is 3.57. The summed E-state index contributed by atoms with van der Waals surface area (Å²) in [5, 5.41) is 4.18. The Balaban J connectivity index is 2.59. The number of amides is 1. The van der Waals surface area contributed by atoms with E-state index in [1.54, 1.807) is 15.8 Å². The molecule has 0 aliphatic heterocycles. The molecule has 1 rings (SSSR count). The van der Waals surface area contributed by atoms with E-state index in [4.69, 9.17) is 5.73 Å². The lowest BCUT2D eigenvalue weighted by Gasteiger charge is -2.21. The van der Waals surface area contributed by atoms with Crippen molar-refractivity contribution in [3.05, 3.63) is 17.5 Å². The van der Waals surface area contributed by atoms with Gasteiger partial charge in [-0.2, -0.15) is 5.10 Å². The van der Waals surface area contributed by atoms with Gasteiger partial charge in [-0.25, -0.2) is 0 Å². The van der Waals surface area contributed by atoms with Crippen LogP contribution in [-0.2, 0) is 7.05 Å². The Morgan fingerprint density at radius 3 is 2.61 bits per heavy atom. The van der Waals surface area contributed by atoms with E-state index in [1.165, 1.54) is 0 Å². The number of nitrogens with two attached hydrogens (primary N) is 1. The Kier molecular flexibility index (Phi) is 4.90. The summed E-state index contributed by atoms with van der Waals surface area (Å²) in [6, 6.07) is 0.134. The number of carbonyl (C=O) groups excluding carboxylic acids is 1. The van der Waals surface area contributed by atoms with Gasteiger partial charge in [-0.05, 0) is 19.3 Å². The van der Waals surface area contributed by atoms with Crippen LogP contribution in [0.1, 0.15) is 36.3 Å². The summed E-state index contributed by atoms with van der Waals surface area (Å²) in [6.45, 7) is 6.71. The zero-order valence-electron chi connectivity index (χ0n) is 12.0. The van der Waals surface area contributed by atoms with Crippen molar-refractivity contribution in [3.63, 3.8) is 0 Å². The molecule has 1 aromatic rings. The normalized spacial score (nSPS) is 12.8. The summed E-state index contributed by atoms with van der Waals surface area (Å²) in [5.41, 5.74) is 7.41. The van der Waals surface area contributed by atoms with E-state index >= 15 is 0 Å². The van der Waals surface area contributed by atoms with Gasteiger partial charge in [0.25, 0.3) is 5.91 Å². The zero-order valence-corrected chi connectivity index (χ0v) is 12.0. The van der Waals surface area contributed by atoms with Gasteiger partial charge < -0.3 is 10.6 Å². The van der Waals surface area contributed by atoms with Gasteiger partial charge in [-0.15, -0.1) is 0 Å². The molecule has 0 spiro atoms. The Morgan fingerprint density at radius 2 is 2.17 bits per heavy atom. The molecule has 102 valence electrons. The highest BCUT2D eigenvalue weighted by molar-refractivity contribution is 5.94. The predicted molar refractivity (Wildman–Crippen MR) is 72.3 cm³/mol. The maximum absolute atomic E-state index is 12.2. The summed E-state index contributed by atoms with van der Waals surface area (Å²) in [5.74, 6) is 0.449. The van der Waals surface area contributed by atoms with Crippen LogP contribution in [0.2, 0.25) is 0 Å². The van der Waals surface area contributed by atoms with Crippen LogP contribution in [-0.4, -0.2) is 40.2 Å². The van der Waals surface area contributed by atoms with Crippen LogP contribution in [0, 0.1) is 12.8 Å². The van der Waals surface area contributed by atoms with E-state index in [-0.39, 0.29) is 11.9 Å². The molecule has 2 N–H and O–H groups in total. The van der Waals surface area contributed by atoms with Crippen LogP contribution in [0.3, 0.4) is 0 Å². The molecule has 0 saturated carbocycles. The zero-order chi connectivity index (χ0) is 13.9. The van der Waals surface area contributed by atoms with Gasteiger partial charge in [0.1, 0.15) is 0 Å². The molecule has 0 radical (unpaired) electrons. The quantitative estimate of drug-likeness (QED) is 0.855. The second-order valence-corrected chi connectivity index (χ2v) is 5.23. The fourth-order valence-electron chi connectivity index (χ4n) is 1.79. The molecule has 0 bridgehead atoms. The molecule has 5 nitrogen and oxygen atoms in total. The molecular formula is C13H24N4O. The Labute approximate surface area is 109 Å². The van der Waals surface area contributed by atoms with Crippen molar-refractivity contribution in [2.75, 3.05) is 13.6 Å². The molecule has 18 heavy (non-hydrogen) atoms. The molecular weight excluding hydrogens is 228 g/mol. The fourth-order valence-corrected chi connectivity index (χ4v) is 1.79. The van der Waals surface area contributed by atoms with Crippen molar-refractivity contribution in [1.29, 1.82) is 0 Å². The van der Waals surface area contributed by atoms with Gasteiger partial charge in [0.15, 0.2) is 0 Å². The Bertz CT molecular complexity index is 411. The average Bonchev–Trinajstić information content (AvgIpc) is 2.63. The first-order valence-electron chi connectivity index (χ1n) is 6.34. The standard InChI is InChI=1S/C13H24N4O/c1-9(2)12(14)6-7-16(4)13(18)11-8-17(5)15-10(11)3/h8-9,12H,6-7,14H2,1-5H3. The van der Waals surface area contributed by atoms with Crippen LogP contribution >= 0.6 is 0 Å². The van der Waals surface area contributed by atoms with Crippen LogP contribution in [0.15, 0.2) is 6.20 Å². The van der Waals surface area contributed by atoms with E-state index in [0.717, 1.165) is 12.1 Å². The minimum atomic E-state index is 0.0107. The Hall–Kier alpha value is -1.36. The number of nitrogens with zero attached hydrogens (tertiary/aromatic N) is 3. The van der Waals surface area contributed by atoms with E-state index in [9.17, 15) is 4.79 Å². The van der Waals surface area contributed by atoms with Crippen molar-refractivity contribution < 1.29 is 4.79 Å². The topological polar surface area (TPSA) is 64.2 Å².